The second-order valence-electron chi connectivity index (χ2n) is 3.16. The molecule has 0 radical (unpaired) electrons. The monoisotopic (exact) mass is 343 g/mol. The van der Waals surface area contributed by atoms with Crippen molar-refractivity contribution in [3.63, 3.8) is 0 Å². The third-order valence-electron chi connectivity index (χ3n) is 2.49. The fraction of sp³-hybridized carbons (Fsp3) is 0.818. The fourth-order valence-electron chi connectivity index (χ4n) is 1.60. The summed E-state index contributed by atoms with van der Waals surface area (Å²) in [6, 6.07) is 0. The topological polar surface area (TPSA) is 6.25 Å². The van der Waals surface area contributed by atoms with Crippen LogP contribution in [0.5, 0.6) is 0 Å². The minimum absolute atomic E-state index is 0.556. The van der Waals surface area contributed by atoms with Crippen LogP contribution in [0.2, 0.25) is 5.82 Å². The van der Waals surface area contributed by atoms with Gasteiger partial charge in [0.25, 0.3) is 0 Å². The second-order valence-corrected chi connectivity index (χ2v) is 7.04. The van der Waals surface area contributed by atoms with E-state index in [0.29, 0.717) is 15.0 Å². The van der Waals surface area contributed by atoms with Crippen LogP contribution in [0.25, 0.3) is 0 Å². The van der Waals surface area contributed by atoms with Crippen molar-refractivity contribution in [2.45, 2.75) is 33.5 Å². The van der Waals surface area contributed by atoms with E-state index in [-0.39, 0.29) is 0 Å². The van der Waals surface area contributed by atoms with Gasteiger partial charge in [-0.25, -0.2) is 0 Å². The van der Waals surface area contributed by atoms with Gasteiger partial charge in [-0.1, -0.05) is 0 Å². The van der Waals surface area contributed by atoms with Crippen molar-refractivity contribution in [1.82, 2.24) is 4.90 Å². The Labute approximate surface area is 109 Å². The summed E-state index contributed by atoms with van der Waals surface area (Å²) in [6.07, 6.45) is 0. The van der Waals surface area contributed by atoms with E-state index in [2.05, 4.69) is 58.6 Å². The Kier molecular flexibility index (Phi) is 8.74. The van der Waals surface area contributed by atoms with Crippen LogP contribution in [0.4, 0.5) is 0 Å². The maximum absolute atomic E-state index is 3.25. The van der Waals surface area contributed by atoms with Gasteiger partial charge in [0.15, 0.2) is 0 Å². The zero-order valence-electron chi connectivity index (χ0n) is 10.5. The summed E-state index contributed by atoms with van der Waals surface area (Å²) >= 11 is 3.81. The van der Waals surface area contributed by atoms with Gasteiger partial charge < -0.3 is 0 Å². The molecule has 0 aromatic carbocycles. The molecule has 0 saturated carbocycles. The minimum atomic E-state index is 0.556. The van der Waals surface area contributed by atoms with Crippen LogP contribution in [0.15, 0.2) is 0 Å². The molecule has 0 unspecified atom stereocenters. The molecule has 0 heterocycles. The van der Waals surface area contributed by atoms with E-state index in [9.17, 15) is 0 Å². The van der Waals surface area contributed by atoms with Gasteiger partial charge in [0, 0.05) is 0 Å². The molecule has 2 nitrogen and oxygen atoms in total. The number of hydrogen-bond donors (Lipinski definition) is 0. The molecule has 88 valence electrons. The standard InChI is InChI=1S/C11H23N2Se2/c1-6-12(7-2)10(11(14)15-5)13(8-3)9-4/h6-9H2,1-5H3/q+1. The third kappa shape index (κ3) is 4.40. The van der Waals surface area contributed by atoms with Crippen LogP contribution in [-0.4, -0.2) is 75.3 Å². The molecule has 0 aliphatic heterocycles. The van der Waals surface area contributed by atoms with Crippen molar-refractivity contribution in [3.8, 4) is 0 Å². The Morgan fingerprint density at radius 1 is 1.13 bits per heavy atom. The number of rotatable bonds is 6. The maximum atomic E-state index is 3.25. The SMILES string of the molecule is CCN(CC)C(C(=[Se])[Se]C)=[N+](CC)CC. The van der Waals surface area contributed by atoms with Crippen LogP contribution in [0.1, 0.15) is 27.7 Å². The van der Waals surface area contributed by atoms with Crippen molar-refractivity contribution in [3.05, 3.63) is 0 Å². The predicted octanol–water partition coefficient (Wildman–Crippen LogP) is 0.830. The average Bonchev–Trinajstić information content (AvgIpc) is 2.28. The summed E-state index contributed by atoms with van der Waals surface area (Å²) in [6.45, 7) is 13.2. The summed E-state index contributed by atoms with van der Waals surface area (Å²) < 4.78 is 3.89. The molecule has 0 aromatic heterocycles. The first-order valence-corrected chi connectivity index (χ1v) is 9.03. The van der Waals surface area contributed by atoms with Gasteiger partial charge in [-0.3, -0.25) is 0 Å². The van der Waals surface area contributed by atoms with Crippen molar-refractivity contribution in [2.75, 3.05) is 26.2 Å². The Morgan fingerprint density at radius 3 is 1.87 bits per heavy atom. The van der Waals surface area contributed by atoms with Crippen molar-refractivity contribution >= 4 is 39.7 Å². The Balaban J connectivity index is 5.18. The van der Waals surface area contributed by atoms with Gasteiger partial charge in [-0.15, -0.1) is 0 Å². The van der Waals surface area contributed by atoms with E-state index in [0.717, 1.165) is 26.2 Å². The van der Waals surface area contributed by atoms with Gasteiger partial charge in [-0.05, 0) is 0 Å². The fourth-order valence-corrected chi connectivity index (χ4v) is 3.06. The van der Waals surface area contributed by atoms with Crippen LogP contribution in [-0.2, 0) is 0 Å². The Morgan fingerprint density at radius 2 is 1.60 bits per heavy atom. The number of hydrogen-bond acceptors (Lipinski definition) is 0. The van der Waals surface area contributed by atoms with Gasteiger partial charge in [0.2, 0.25) is 0 Å². The first kappa shape index (κ1) is 15.4. The van der Waals surface area contributed by atoms with E-state index in [1.807, 2.05) is 0 Å². The van der Waals surface area contributed by atoms with Crippen LogP contribution < -0.4 is 0 Å². The van der Waals surface area contributed by atoms with Gasteiger partial charge in [0.1, 0.15) is 0 Å². The zero-order valence-corrected chi connectivity index (χ0v) is 14.0. The molecule has 0 spiro atoms. The zero-order chi connectivity index (χ0) is 11.8. The normalized spacial score (nSPS) is 9.93. The first-order chi connectivity index (χ1) is 7.15. The van der Waals surface area contributed by atoms with Gasteiger partial charge in [0.05, 0.1) is 0 Å². The van der Waals surface area contributed by atoms with E-state index < -0.39 is 0 Å². The predicted molar refractivity (Wildman–Crippen MR) is 71.6 cm³/mol. The molecule has 0 amide bonds. The Bertz CT molecular complexity index is 227. The summed E-state index contributed by atoms with van der Waals surface area (Å²) in [4.78, 5) is 2.45. The molecule has 0 rings (SSSR count). The summed E-state index contributed by atoms with van der Waals surface area (Å²) in [5.41, 5.74) is 0. The third-order valence-corrected chi connectivity index (χ3v) is 5.85. The summed E-state index contributed by atoms with van der Waals surface area (Å²) in [7, 11) is 0. The average molecular weight is 341 g/mol. The van der Waals surface area contributed by atoms with Crippen LogP contribution in [0, 0.1) is 0 Å². The van der Waals surface area contributed by atoms with Crippen molar-refractivity contribution in [2.24, 2.45) is 0 Å². The molecule has 0 fully saturated rings. The van der Waals surface area contributed by atoms with Crippen LogP contribution in [0.3, 0.4) is 0 Å². The molecule has 15 heavy (non-hydrogen) atoms. The molecular formula is C11H23N2Se2+. The van der Waals surface area contributed by atoms with E-state index >= 15 is 0 Å². The molecule has 0 bridgehead atoms. The summed E-state index contributed by atoms with van der Waals surface area (Å²) in [5, 5.41) is 0. The van der Waals surface area contributed by atoms with Gasteiger partial charge in [-0.2, -0.15) is 0 Å². The van der Waals surface area contributed by atoms with Crippen molar-refractivity contribution in [1.29, 1.82) is 0 Å². The molecule has 0 aliphatic rings. The molecule has 0 atom stereocenters. The molecule has 0 N–H and O–H groups in total. The van der Waals surface area contributed by atoms with Crippen molar-refractivity contribution < 1.29 is 4.58 Å². The van der Waals surface area contributed by atoms with Crippen LogP contribution >= 0.6 is 0 Å². The first-order valence-electron chi connectivity index (χ1n) is 5.61. The summed E-state index contributed by atoms with van der Waals surface area (Å²) in [5.74, 6) is 3.69. The molecule has 0 aliphatic carbocycles. The Hall–Kier alpha value is 0.379. The van der Waals surface area contributed by atoms with E-state index in [1.54, 1.807) is 0 Å². The molecule has 4 heteroatoms. The molecular weight excluding hydrogens is 318 g/mol. The second kappa shape index (κ2) is 8.52. The quantitative estimate of drug-likeness (QED) is 0.300. The molecule has 0 saturated heterocycles. The number of amidine groups is 1. The van der Waals surface area contributed by atoms with E-state index in [1.165, 1.54) is 9.15 Å². The van der Waals surface area contributed by atoms with Gasteiger partial charge >= 0.3 is 109 Å². The van der Waals surface area contributed by atoms with E-state index in [4.69, 9.17) is 0 Å². The molecule has 0 aromatic rings. The number of nitrogens with zero attached hydrogens (tertiary/aromatic N) is 2.